The highest BCUT2D eigenvalue weighted by Gasteiger charge is 2.23. The van der Waals surface area contributed by atoms with Crippen molar-refractivity contribution >= 4 is 22.8 Å². The Labute approximate surface area is 160 Å². The van der Waals surface area contributed by atoms with Gasteiger partial charge in [0.2, 0.25) is 11.8 Å². The Kier molecular flexibility index (Phi) is 5.94. The first-order valence-electron chi connectivity index (χ1n) is 9.61. The number of nitrogens with zero attached hydrogens (tertiary/aromatic N) is 3. The minimum absolute atomic E-state index is 0.0810. The molecule has 0 atom stereocenters. The van der Waals surface area contributed by atoms with Gasteiger partial charge in [-0.1, -0.05) is 38.0 Å². The lowest BCUT2D eigenvalue weighted by Gasteiger charge is -2.31. The molecular formula is C21H28N4O2. The Bertz CT molecular complexity index is 849. The lowest BCUT2D eigenvalue weighted by atomic mass is 9.94. The van der Waals surface area contributed by atoms with Gasteiger partial charge in [-0.2, -0.15) is 0 Å². The topological polar surface area (TPSA) is 67.2 Å². The molecule has 3 rings (SSSR count). The Morgan fingerprint density at radius 2 is 1.96 bits per heavy atom. The van der Waals surface area contributed by atoms with Crippen molar-refractivity contribution in [1.29, 1.82) is 0 Å². The summed E-state index contributed by atoms with van der Waals surface area (Å²) in [5.41, 5.74) is 2.18. The van der Waals surface area contributed by atoms with E-state index in [0.717, 1.165) is 23.9 Å². The Balaban J connectivity index is 1.80. The predicted octanol–water partition coefficient (Wildman–Crippen LogP) is 3.02. The zero-order valence-corrected chi connectivity index (χ0v) is 16.2. The molecule has 2 amide bonds. The maximum absolute atomic E-state index is 12.9. The predicted molar refractivity (Wildman–Crippen MR) is 106 cm³/mol. The summed E-state index contributed by atoms with van der Waals surface area (Å²) >= 11 is 0. The molecule has 1 saturated carbocycles. The van der Waals surface area contributed by atoms with E-state index in [4.69, 9.17) is 0 Å². The number of amides is 2. The molecule has 1 fully saturated rings. The van der Waals surface area contributed by atoms with Gasteiger partial charge in [-0.15, -0.1) is 0 Å². The second-order valence-electron chi connectivity index (χ2n) is 7.36. The fourth-order valence-corrected chi connectivity index (χ4v) is 3.67. The molecule has 144 valence electrons. The highest BCUT2D eigenvalue weighted by molar-refractivity contribution is 5.92. The van der Waals surface area contributed by atoms with Gasteiger partial charge in [-0.05, 0) is 31.9 Å². The number of fused-ring (bicyclic) bond motifs is 1. The molecule has 0 unspecified atom stereocenters. The molecule has 1 heterocycles. The average molecular weight is 368 g/mol. The van der Waals surface area contributed by atoms with Gasteiger partial charge in [-0.25, -0.2) is 4.98 Å². The van der Waals surface area contributed by atoms with Crippen molar-refractivity contribution in [1.82, 2.24) is 19.8 Å². The van der Waals surface area contributed by atoms with Crippen LogP contribution in [-0.4, -0.2) is 39.4 Å². The second-order valence-corrected chi connectivity index (χ2v) is 7.36. The van der Waals surface area contributed by atoms with Gasteiger partial charge in [0.05, 0.1) is 17.6 Å². The number of carbonyl (C=O) groups excluding carboxylic acids is 2. The van der Waals surface area contributed by atoms with E-state index >= 15 is 0 Å². The second kappa shape index (κ2) is 8.37. The van der Waals surface area contributed by atoms with Gasteiger partial charge in [0.1, 0.15) is 12.4 Å². The maximum atomic E-state index is 12.9. The van der Waals surface area contributed by atoms with Crippen molar-refractivity contribution < 1.29 is 9.59 Å². The van der Waals surface area contributed by atoms with Gasteiger partial charge in [0, 0.05) is 18.7 Å². The van der Waals surface area contributed by atoms with E-state index in [1.54, 1.807) is 6.92 Å². The molecule has 0 saturated heterocycles. The summed E-state index contributed by atoms with van der Waals surface area (Å²) < 4.78 is 1.91. The number of imidazole rings is 1. The summed E-state index contributed by atoms with van der Waals surface area (Å²) in [6.45, 7) is 5.82. The van der Waals surface area contributed by atoms with Crippen molar-refractivity contribution in [3.63, 3.8) is 0 Å². The summed E-state index contributed by atoms with van der Waals surface area (Å²) in [6.07, 6.45) is 5.79. The minimum Gasteiger partial charge on any atom is -0.345 e. The summed E-state index contributed by atoms with van der Waals surface area (Å²) in [6, 6.07) is 8.07. The maximum Gasteiger partial charge on any atom is 0.246 e. The van der Waals surface area contributed by atoms with Gasteiger partial charge >= 0.3 is 0 Å². The van der Waals surface area contributed by atoms with E-state index < -0.39 is 0 Å². The number of carbonyl (C=O) groups is 2. The lowest BCUT2D eigenvalue weighted by Crippen LogP contribution is -2.40. The monoisotopic (exact) mass is 368 g/mol. The quantitative estimate of drug-likeness (QED) is 0.797. The molecule has 0 bridgehead atoms. The van der Waals surface area contributed by atoms with Crippen LogP contribution < -0.4 is 5.32 Å². The van der Waals surface area contributed by atoms with Crippen LogP contribution in [0.25, 0.3) is 11.0 Å². The van der Waals surface area contributed by atoms with E-state index in [0.29, 0.717) is 17.4 Å². The van der Waals surface area contributed by atoms with Crippen LogP contribution in [0.4, 0.5) is 0 Å². The molecule has 0 spiro atoms. The molecule has 1 aliphatic rings. The van der Waals surface area contributed by atoms with Crippen LogP contribution in [0.2, 0.25) is 0 Å². The smallest absolute Gasteiger partial charge is 0.246 e. The molecule has 0 radical (unpaired) electrons. The average Bonchev–Trinajstić information content (AvgIpc) is 3.03. The first kappa shape index (κ1) is 19.1. The van der Waals surface area contributed by atoms with Crippen molar-refractivity contribution in [3.05, 3.63) is 42.2 Å². The molecule has 1 aliphatic carbocycles. The first-order valence-corrected chi connectivity index (χ1v) is 9.61. The Hall–Kier alpha value is -2.63. The molecular weight excluding hydrogens is 340 g/mol. The molecule has 2 aromatic rings. The molecule has 1 aromatic carbocycles. The van der Waals surface area contributed by atoms with Crippen LogP contribution >= 0.6 is 0 Å². The number of para-hydroxylation sites is 2. The number of nitrogens with one attached hydrogen (secondary N) is 1. The third-order valence-corrected chi connectivity index (χ3v) is 5.34. The van der Waals surface area contributed by atoms with Crippen LogP contribution in [0.3, 0.4) is 0 Å². The third kappa shape index (κ3) is 4.38. The number of likely N-dealkylation sites (N-methyl/N-ethyl adjacent to an activating group) is 1. The van der Waals surface area contributed by atoms with Crippen LogP contribution in [0.1, 0.15) is 44.9 Å². The van der Waals surface area contributed by atoms with Gasteiger partial charge in [0.15, 0.2) is 0 Å². The SMILES string of the molecule is C=C(C)C(=O)NCc1nc2ccccc2n1CC(=O)N(C)C1CCCCC1. The number of benzene rings is 1. The normalized spacial score (nSPS) is 14.9. The number of hydrogen-bond acceptors (Lipinski definition) is 3. The summed E-state index contributed by atoms with van der Waals surface area (Å²) in [5, 5.41) is 2.82. The van der Waals surface area contributed by atoms with Gasteiger partial charge in [0.25, 0.3) is 0 Å². The number of aromatic nitrogens is 2. The zero-order valence-electron chi connectivity index (χ0n) is 16.2. The number of rotatable bonds is 6. The summed E-state index contributed by atoms with van der Waals surface area (Å²) in [5.74, 6) is 0.549. The molecule has 0 aliphatic heterocycles. The van der Waals surface area contributed by atoms with Crippen molar-refractivity contribution in [2.45, 2.75) is 58.2 Å². The highest BCUT2D eigenvalue weighted by atomic mass is 16.2. The molecule has 27 heavy (non-hydrogen) atoms. The van der Waals surface area contributed by atoms with E-state index in [9.17, 15) is 9.59 Å². The highest BCUT2D eigenvalue weighted by Crippen LogP contribution is 2.23. The van der Waals surface area contributed by atoms with E-state index in [1.165, 1.54) is 19.3 Å². The van der Waals surface area contributed by atoms with Gasteiger partial charge < -0.3 is 14.8 Å². The van der Waals surface area contributed by atoms with Crippen LogP contribution in [0, 0.1) is 0 Å². The van der Waals surface area contributed by atoms with Crippen LogP contribution in [-0.2, 0) is 22.7 Å². The largest absolute Gasteiger partial charge is 0.345 e. The van der Waals surface area contributed by atoms with Crippen LogP contribution in [0.5, 0.6) is 0 Å². The van der Waals surface area contributed by atoms with Crippen LogP contribution in [0.15, 0.2) is 36.4 Å². The fourth-order valence-electron chi connectivity index (χ4n) is 3.67. The molecule has 1 N–H and O–H groups in total. The first-order chi connectivity index (χ1) is 13.0. The number of hydrogen-bond donors (Lipinski definition) is 1. The Morgan fingerprint density at radius 3 is 2.67 bits per heavy atom. The standard InChI is InChI=1S/C21H28N4O2/c1-15(2)21(27)22-13-19-23-17-11-7-8-12-18(17)25(19)14-20(26)24(3)16-9-5-4-6-10-16/h7-8,11-12,16H,1,4-6,9-10,13-14H2,2-3H3,(H,22,27). The lowest BCUT2D eigenvalue weighted by molar-refractivity contribution is -0.133. The van der Waals surface area contributed by atoms with E-state index in [-0.39, 0.29) is 24.9 Å². The fraction of sp³-hybridized carbons (Fsp3) is 0.476. The minimum atomic E-state index is -0.209. The van der Waals surface area contributed by atoms with Crippen molar-refractivity contribution in [2.75, 3.05) is 7.05 Å². The molecule has 6 heteroatoms. The van der Waals surface area contributed by atoms with E-state index in [1.807, 2.05) is 40.8 Å². The van der Waals surface area contributed by atoms with Crippen molar-refractivity contribution in [2.24, 2.45) is 0 Å². The molecule has 6 nitrogen and oxygen atoms in total. The zero-order chi connectivity index (χ0) is 19.4. The third-order valence-electron chi connectivity index (χ3n) is 5.34. The summed E-state index contributed by atoms with van der Waals surface area (Å²) in [7, 11) is 1.90. The van der Waals surface area contributed by atoms with E-state index in [2.05, 4.69) is 16.9 Å². The van der Waals surface area contributed by atoms with Gasteiger partial charge in [-0.3, -0.25) is 9.59 Å². The molecule has 1 aromatic heterocycles. The summed E-state index contributed by atoms with van der Waals surface area (Å²) in [4.78, 5) is 31.3. The Morgan fingerprint density at radius 1 is 1.26 bits per heavy atom. The van der Waals surface area contributed by atoms with Crippen molar-refractivity contribution in [3.8, 4) is 0 Å².